The van der Waals surface area contributed by atoms with Crippen molar-refractivity contribution in [3.8, 4) is 0 Å². The maximum Gasteiger partial charge on any atom is 0.134 e. The quantitative estimate of drug-likeness (QED) is 0.678. The Kier molecular flexibility index (Phi) is 3.80. The van der Waals surface area contributed by atoms with Crippen LogP contribution in [0.25, 0.3) is 0 Å². The molecule has 0 atom stereocenters. The molecule has 68 valence electrons. The second kappa shape index (κ2) is 4.93. The van der Waals surface area contributed by atoms with E-state index in [9.17, 15) is 0 Å². The molecule has 0 aliphatic heterocycles. The Morgan fingerprint density at radius 1 is 1.50 bits per heavy atom. The lowest BCUT2D eigenvalue weighted by Gasteiger charge is -2.04. The molecular weight excluding hydrogens is 152 g/mol. The minimum absolute atomic E-state index is 0.0408. The highest BCUT2D eigenvalue weighted by atomic mass is 16.3. The molecule has 0 saturated carbocycles. The first-order valence-electron chi connectivity index (χ1n) is 4.49. The van der Waals surface area contributed by atoms with Crippen molar-refractivity contribution in [1.29, 1.82) is 0 Å². The van der Waals surface area contributed by atoms with Crippen molar-refractivity contribution in [2.24, 2.45) is 0 Å². The average molecular weight is 168 g/mol. The number of aliphatic hydroxyl groups excluding tert-OH is 1. The number of hydrogen-bond donors (Lipinski definition) is 1. The molecule has 3 heteroatoms. The van der Waals surface area contributed by atoms with Crippen molar-refractivity contribution in [3.05, 3.63) is 18.2 Å². The maximum atomic E-state index is 8.88. The standard InChI is InChI=1S/C9H16N2O/c1-2-3-4-6-11-7-5-10-9(11)8-12/h5,7,12H,2-4,6,8H2,1H3. The van der Waals surface area contributed by atoms with Crippen molar-refractivity contribution in [1.82, 2.24) is 9.55 Å². The van der Waals surface area contributed by atoms with Crippen LogP contribution in [0.2, 0.25) is 0 Å². The van der Waals surface area contributed by atoms with Gasteiger partial charge in [-0.2, -0.15) is 0 Å². The predicted molar refractivity (Wildman–Crippen MR) is 47.7 cm³/mol. The van der Waals surface area contributed by atoms with Gasteiger partial charge in [0.25, 0.3) is 0 Å². The first-order valence-corrected chi connectivity index (χ1v) is 4.49. The zero-order valence-corrected chi connectivity index (χ0v) is 7.53. The number of aryl methyl sites for hydroxylation is 1. The fraction of sp³-hybridized carbons (Fsp3) is 0.667. The third-order valence-corrected chi connectivity index (χ3v) is 1.95. The van der Waals surface area contributed by atoms with Gasteiger partial charge in [0.2, 0.25) is 0 Å². The van der Waals surface area contributed by atoms with Gasteiger partial charge in [-0.05, 0) is 6.42 Å². The Morgan fingerprint density at radius 2 is 2.33 bits per heavy atom. The Hall–Kier alpha value is -0.830. The summed E-state index contributed by atoms with van der Waals surface area (Å²) in [5.41, 5.74) is 0. The molecule has 0 amide bonds. The van der Waals surface area contributed by atoms with E-state index in [0.717, 1.165) is 12.4 Å². The SMILES string of the molecule is CCCCCn1ccnc1CO. The van der Waals surface area contributed by atoms with Gasteiger partial charge < -0.3 is 9.67 Å². The van der Waals surface area contributed by atoms with Gasteiger partial charge >= 0.3 is 0 Å². The first-order chi connectivity index (χ1) is 5.88. The lowest BCUT2D eigenvalue weighted by Crippen LogP contribution is -2.02. The Balaban J connectivity index is 2.39. The number of hydrogen-bond acceptors (Lipinski definition) is 2. The van der Waals surface area contributed by atoms with E-state index in [0.29, 0.717) is 0 Å². The van der Waals surface area contributed by atoms with Crippen LogP contribution in [-0.4, -0.2) is 14.7 Å². The largest absolute Gasteiger partial charge is 0.388 e. The number of imidazole rings is 1. The van der Waals surface area contributed by atoms with Gasteiger partial charge in [0.1, 0.15) is 12.4 Å². The van der Waals surface area contributed by atoms with E-state index in [1.807, 2.05) is 10.8 Å². The van der Waals surface area contributed by atoms with E-state index in [4.69, 9.17) is 5.11 Å². The molecule has 0 aliphatic rings. The molecular formula is C9H16N2O. The van der Waals surface area contributed by atoms with Crippen molar-refractivity contribution in [3.63, 3.8) is 0 Å². The third kappa shape index (κ3) is 2.34. The molecule has 1 heterocycles. The molecule has 1 rings (SSSR count). The zero-order chi connectivity index (χ0) is 8.81. The molecule has 1 aromatic rings. The highest BCUT2D eigenvalue weighted by molar-refractivity contribution is 4.89. The predicted octanol–water partition coefficient (Wildman–Crippen LogP) is 1.57. The smallest absolute Gasteiger partial charge is 0.134 e. The number of aliphatic hydroxyl groups is 1. The Labute approximate surface area is 73.1 Å². The molecule has 1 aromatic heterocycles. The lowest BCUT2D eigenvalue weighted by molar-refractivity contribution is 0.264. The normalized spacial score (nSPS) is 10.5. The van der Waals surface area contributed by atoms with Crippen LogP contribution in [0.15, 0.2) is 12.4 Å². The van der Waals surface area contributed by atoms with Gasteiger partial charge in [-0.1, -0.05) is 19.8 Å². The van der Waals surface area contributed by atoms with Crippen LogP contribution in [0.1, 0.15) is 32.0 Å². The second-order valence-electron chi connectivity index (χ2n) is 2.90. The Bertz CT molecular complexity index is 220. The minimum atomic E-state index is 0.0408. The summed E-state index contributed by atoms with van der Waals surface area (Å²) in [7, 11) is 0. The summed E-state index contributed by atoms with van der Waals surface area (Å²) in [5, 5.41) is 8.88. The number of nitrogens with zero attached hydrogens (tertiary/aromatic N) is 2. The van der Waals surface area contributed by atoms with Crippen LogP contribution < -0.4 is 0 Å². The summed E-state index contributed by atoms with van der Waals surface area (Å²) in [6.07, 6.45) is 7.28. The summed E-state index contributed by atoms with van der Waals surface area (Å²) in [6.45, 7) is 3.20. The highest BCUT2D eigenvalue weighted by Gasteiger charge is 1.98. The Morgan fingerprint density at radius 3 is 3.00 bits per heavy atom. The van der Waals surface area contributed by atoms with E-state index >= 15 is 0 Å². The fourth-order valence-electron chi connectivity index (χ4n) is 1.23. The molecule has 1 N–H and O–H groups in total. The third-order valence-electron chi connectivity index (χ3n) is 1.95. The number of rotatable bonds is 5. The minimum Gasteiger partial charge on any atom is -0.388 e. The van der Waals surface area contributed by atoms with E-state index in [1.165, 1.54) is 19.3 Å². The van der Waals surface area contributed by atoms with Crippen LogP contribution in [0.4, 0.5) is 0 Å². The fourth-order valence-corrected chi connectivity index (χ4v) is 1.23. The van der Waals surface area contributed by atoms with E-state index in [-0.39, 0.29) is 6.61 Å². The van der Waals surface area contributed by atoms with E-state index in [1.54, 1.807) is 6.20 Å². The van der Waals surface area contributed by atoms with Crippen molar-refractivity contribution in [2.45, 2.75) is 39.3 Å². The zero-order valence-electron chi connectivity index (χ0n) is 7.53. The van der Waals surface area contributed by atoms with Crippen LogP contribution in [0.3, 0.4) is 0 Å². The number of unbranched alkanes of at least 4 members (excludes halogenated alkanes) is 2. The average Bonchev–Trinajstić information content (AvgIpc) is 2.52. The monoisotopic (exact) mass is 168 g/mol. The summed E-state index contributed by atoms with van der Waals surface area (Å²) < 4.78 is 2.01. The summed E-state index contributed by atoms with van der Waals surface area (Å²) in [6, 6.07) is 0. The lowest BCUT2D eigenvalue weighted by atomic mass is 10.2. The van der Waals surface area contributed by atoms with Gasteiger partial charge in [0.15, 0.2) is 0 Å². The summed E-state index contributed by atoms with van der Waals surface area (Å²) >= 11 is 0. The molecule has 0 aliphatic carbocycles. The van der Waals surface area contributed by atoms with Crippen molar-refractivity contribution < 1.29 is 5.11 Å². The van der Waals surface area contributed by atoms with Crippen LogP contribution in [0.5, 0.6) is 0 Å². The number of aromatic nitrogens is 2. The van der Waals surface area contributed by atoms with E-state index in [2.05, 4.69) is 11.9 Å². The molecule has 0 radical (unpaired) electrons. The van der Waals surface area contributed by atoms with Crippen LogP contribution >= 0.6 is 0 Å². The highest BCUT2D eigenvalue weighted by Crippen LogP contribution is 2.02. The topological polar surface area (TPSA) is 38.0 Å². The van der Waals surface area contributed by atoms with E-state index < -0.39 is 0 Å². The van der Waals surface area contributed by atoms with Gasteiger partial charge in [0, 0.05) is 18.9 Å². The molecule has 3 nitrogen and oxygen atoms in total. The molecule has 0 saturated heterocycles. The molecule has 12 heavy (non-hydrogen) atoms. The van der Waals surface area contributed by atoms with Crippen molar-refractivity contribution in [2.75, 3.05) is 0 Å². The molecule has 0 unspecified atom stereocenters. The first kappa shape index (κ1) is 9.26. The van der Waals surface area contributed by atoms with Gasteiger partial charge in [-0.15, -0.1) is 0 Å². The van der Waals surface area contributed by atoms with Gasteiger partial charge in [0.05, 0.1) is 0 Å². The summed E-state index contributed by atoms with van der Waals surface area (Å²) in [4.78, 5) is 4.03. The van der Waals surface area contributed by atoms with Gasteiger partial charge in [-0.3, -0.25) is 0 Å². The van der Waals surface area contributed by atoms with Crippen LogP contribution in [0, 0.1) is 0 Å². The maximum absolute atomic E-state index is 8.88. The molecule has 0 bridgehead atoms. The summed E-state index contributed by atoms with van der Waals surface area (Å²) in [5.74, 6) is 0.770. The molecule has 0 spiro atoms. The van der Waals surface area contributed by atoms with Crippen molar-refractivity contribution >= 4 is 0 Å². The van der Waals surface area contributed by atoms with Gasteiger partial charge in [-0.25, -0.2) is 4.98 Å². The molecule has 0 aromatic carbocycles. The molecule has 0 fully saturated rings. The van der Waals surface area contributed by atoms with Crippen LogP contribution in [-0.2, 0) is 13.2 Å². The second-order valence-corrected chi connectivity index (χ2v) is 2.90.